The molecule has 5 heteroatoms. The molecule has 2 aromatic rings. The number of piperidine rings is 1. The molecule has 0 aromatic heterocycles. The fourth-order valence-electron chi connectivity index (χ4n) is 4.52. The number of nitrogens with zero attached hydrogens (tertiary/aromatic N) is 1. The Morgan fingerprint density at radius 1 is 1.04 bits per heavy atom. The Morgan fingerprint density at radius 2 is 1.67 bits per heavy atom. The summed E-state index contributed by atoms with van der Waals surface area (Å²) in [4.78, 5) is 15.6. The summed E-state index contributed by atoms with van der Waals surface area (Å²) in [6.45, 7) is 0. The van der Waals surface area contributed by atoms with Gasteiger partial charge in [0.15, 0.2) is 0 Å². The van der Waals surface area contributed by atoms with Gasteiger partial charge in [-0.3, -0.25) is 4.90 Å². The van der Waals surface area contributed by atoms with Crippen LogP contribution in [0.4, 0.5) is 0 Å². The molecule has 27 heavy (non-hydrogen) atoms. The highest BCUT2D eigenvalue weighted by atomic mass is 127. The first-order valence-corrected chi connectivity index (χ1v) is 10.5. The maximum Gasteiger partial charge on any atom is 0.348 e. The van der Waals surface area contributed by atoms with Crippen LogP contribution >= 0.6 is 22.6 Å². The van der Waals surface area contributed by atoms with E-state index in [4.69, 9.17) is 4.74 Å². The molecule has 4 atom stereocenters. The van der Waals surface area contributed by atoms with Crippen molar-refractivity contribution in [3.8, 4) is 0 Å². The maximum absolute atomic E-state index is 13.3. The summed E-state index contributed by atoms with van der Waals surface area (Å²) in [5, 5.41) is 11.6. The van der Waals surface area contributed by atoms with Crippen LogP contribution in [0.3, 0.4) is 0 Å². The van der Waals surface area contributed by atoms with Crippen molar-refractivity contribution in [1.29, 1.82) is 0 Å². The maximum atomic E-state index is 13.3. The minimum Gasteiger partial charge on any atom is -0.458 e. The van der Waals surface area contributed by atoms with E-state index >= 15 is 0 Å². The lowest BCUT2D eigenvalue weighted by molar-refractivity contribution is -0.173. The quantitative estimate of drug-likeness (QED) is 0.539. The summed E-state index contributed by atoms with van der Waals surface area (Å²) >= 11 is 2.21. The van der Waals surface area contributed by atoms with Crippen molar-refractivity contribution in [1.82, 2.24) is 4.90 Å². The Hall–Kier alpha value is -1.44. The number of hydrogen-bond donors (Lipinski definition) is 1. The van der Waals surface area contributed by atoms with Gasteiger partial charge in [0, 0.05) is 15.7 Å². The van der Waals surface area contributed by atoms with Crippen molar-refractivity contribution >= 4 is 28.6 Å². The zero-order valence-electron chi connectivity index (χ0n) is 15.3. The zero-order valence-corrected chi connectivity index (χ0v) is 17.5. The zero-order chi connectivity index (χ0) is 19.0. The van der Waals surface area contributed by atoms with E-state index in [2.05, 4.69) is 34.5 Å². The van der Waals surface area contributed by atoms with Gasteiger partial charge in [-0.15, -0.1) is 0 Å². The summed E-state index contributed by atoms with van der Waals surface area (Å²) in [5.74, 6) is -0.585. The fraction of sp³-hybridized carbons (Fsp3) is 0.409. The van der Waals surface area contributed by atoms with Crippen molar-refractivity contribution in [3.63, 3.8) is 0 Å². The predicted octanol–water partition coefficient (Wildman–Crippen LogP) is 3.70. The molecule has 0 amide bonds. The number of ether oxygens (including phenoxy) is 1. The number of fused-ring (bicyclic) bond motifs is 2. The van der Waals surface area contributed by atoms with E-state index in [1.54, 1.807) is 24.3 Å². The van der Waals surface area contributed by atoms with Crippen LogP contribution in [0.2, 0.25) is 0 Å². The molecule has 0 radical (unpaired) electrons. The first-order valence-electron chi connectivity index (χ1n) is 9.47. The third-order valence-corrected chi connectivity index (χ3v) is 6.83. The molecule has 1 N–H and O–H groups in total. The molecule has 2 saturated heterocycles. The number of benzene rings is 2. The molecule has 4 unspecified atom stereocenters. The second-order valence-electron chi connectivity index (χ2n) is 7.57. The normalized spacial score (nSPS) is 27.1. The number of hydrogen-bond acceptors (Lipinski definition) is 4. The van der Waals surface area contributed by atoms with Gasteiger partial charge in [0.05, 0.1) is 0 Å². The third kappa shape index (κ3) is 3.41. The number of likely N-dealkylation sites (N-methyl/N-ethyl adjacent to an activating group) is 1. The Bertz CT molecular complexity index is 810. The molecule has 2 fully saturated rings. The molecule has 2 aliphatic heterocycles. The highest BCUT2D eigenvalue weighted by Gasteiger charge is 2.47. The number of carbonyl (C=O) groups is 1. The Morgan fingerprint density at radius 3 is 2.37 bits per heavy atom. The Kier molecular flexibility index (Phi) is 5.27. The molecule has 4 nitrogen and oxygen atoms in total. The van der Waals surface area contributed by atoms with Gasteiger partial charge in [0.1, 0.15) is 6.10 Å². The lowest BCUT2D eigenvalue weighted by Gasteiger charge is -2.38. The van der Waals surface area contributed by atoms with Crippen molar-refractivity contribution in [2.75, 3.05) is 7.05 Å². The Labute approximate surface area is 173 Å². The van der Waals surface area contributed by atoms with Gasteiger partial charge in [-0.1, -0.05) is 42.5 Å². The Balaban J connectivity index is 1.66. The smallest absolute Gasteiger partial charge is 0.348 e. The fourth-order valence-corrected chi connectivity index (χ4v) is 4.88. The molecule has 4 rings (SSSR count). The van der Waals surface area contributed by atoms with Crippen molar-refractivity contribution in [2.45, 2.75) is 49.5 Å². The number of aliphatic hydroxyl groups is 1. The van der Waals surface area contributed by atoms with Gasteiger partial charge in [0.2, 0.25) is 5.60 Å². The number of rotatable bonds is 4. The standard InChI is InChI=1S/C22H24INO3/c1-24-18-11-13-19(24)20(14-12-18)27-21(25)22(26,15-5-3-2-4-6-15)16-7-9-17(23)10-8-16/h2-10,18-20,26H,11-14H2,1H3. The lowest BCUT2D eigenvalue weighted by Crippen LogP contribution is -2.49. The first-order chi connectivity index (χ1) is 13.0. The van der Waals surface area contributed by atoms with Crippen molar-refractivity contribution in [3.05, 3.63) is 69.3 Å². The van der Waals surface area contributed by atoms with Crippen LogP contribution < -0.4 is 0 Å². The number of halogens is 1. The van der Waals surface area contributed by atoms with Crippen LogP contribution in [0.5, 0.6) is 0 Å². The molecule has 2 aromatic carbocycles. The summed E-state index contributed by atoms with van der Waals surface area (Å²) in [5.41, 5.74) is -0.739. The average Bonchev–Trinajstić information content (AvgIpc) is 2.92. The van der Waals surface area contributed by atoms with Gasteiger partial charge in [0.25, 0.3) is 0 Å². The second-order valence-corrected chi connectivity index (χ2v) is 8.81. The molecule has 0 spiro atoms. The minimum absolute atomic E-state index is 0.166. The SMILES string of the molecule is CN1C2CCC(OC(=O)C(O)(c3ccccc3)c3ccc(I)cc3)C1CC2. The topological polar surface area (TPSA) is 49.8 Å². The van der Waals surface area contributed by atoms with Crippen molar-refractivity contribution in [2.24, 2.45) is 0 Å². The molecule has 0 saturated carbocycles. The van der Waals surface area contributed by atoms with E-state index in [-0.39, 0.29) is 12.1 Å². The molecular weight excluding hydrogens is 453 g/mol. The third-order valence-electron chi connectivity index (χ3n) is 6.12. The van der Waals surface area contributed by atoms with E-state index in [1.807, 2.05) is 30.3 Å². The van der Waals surface area contributed by atoms with Gasteiger partial charge < -0.3 is 9.84 Å². The van der Waals surface area contributed by atoms with Crippen LogP contribution in [0.15, 0.2) is 54.6 Å². The molecule has 2 bridgehead atoms. The summed E-state index contributed by atoms with van der Waals surface area (Å²) in [6, 6.07) is 17.3. The predicted molar refractivity (Wildman–Crippen MR) is 112 cm³/mol. The van der Waals surface area contributed by atoms with E-state index in [1.165, 1.54) is 0 Å². The molecule has 2 aliphatic rings. The second kappa shape index (κ2) is 7.53. The van der Waals surface area contributed by atoms with Gasteiger partial charge in [-0.2, -0.15) is 0 Å². The first kappa shape index (κ1) is 18.9. The largest absolute Gasteiger partial charge is 0.458 e. The summed E-state index contributed by atoms with van der Waals surface area (Å²) in [7, 11) is 2.12. The monoisotopic (exact) mass is 477 g/mol. The van der Waals surface area contributed by atoms with E-state index in [0.717, 1.165) is 29.3 Å². The lowest BCUT2D eigenvalue weighted by atomic mass is 9.86. The van der Waals surface area contributed by atoms with Crippen LogP contribution in [0.1, 0.15) is 36.8 Å². The molecule has 0 aliphatic carbocycles. The van der Waals surface area contributed by atoms with Crippen LogP contribution in [-0.2, 0) is 15.1 Å². The van der Waals surface area contributed by atoms with Crippen molar-refractivity contribution < 1.29 is 14.6 Å². The van der Waals surface area contributed by atoms with E-state index < -0.39 is 11.6 Å². The minimum atomic E-state index is -1.81. The van der Waals surface area contributed by atoms with E-state index in [0.29, 0.717) is 17.2 Å². The van der Waals surface area contributed by atoms with Crippen LogP contribution in [0.25, 0.3) is 0 Å². The highest BCUT2D eigenvalue weighted by Crippen LogP contribution is 2.38. The summed E-state index contributed by atoms with van der Waals surface area (Å²) < 4.78 is 7.01. The molecular formula is C22H24INO3. The van der Waals surface area contributed by atoms with Crippen LogP contribution in [0, 0.1) is 3.57 Å². The molecule has 2 heterocycles. The van der Waals surface area contributed by atoms with E-state index in [9.17, 15) is 9.90 Å². The van der Waals surface area contributed by atoms with Gasteiger partial charge >= 0.3 is 5.97 Å². The summed E-state index contributed by atoms with van der Waals surface area (Å²) in [6.07, 6.45) is 3.95. The average molecular weight is 477 g/mol. The molecule has 142 valence electrons. The number of esters is 1. The van der Waals surface area contributed by atoms with Crippen LogP contribution in [-0.4, -0.2) is 41.2 Å². The van der Waals surface area contributed by atoms with Gasteiger partial charge in [-0.25, -0.2) is 4.79 Å². The number of carbonyl (C=O) groups excluding carboxylic acids is 1. The highest BCUT2D eigenvalue weighted by molar-refractivity contribution is 14.1. The van der Waals surface area contributed by atoms with Gasteiger partial charge in [-0.05, 0) is 78.6 Å².